The van der Waals surface area contributed by atoms with Crippen LogP contribution in [-0.4, -0.2) is 11.1 Å². The summed E-state index contributed by atoms with van der Waals surface area (Å²) in [7, 11) is 0. The SMILES string of the molecule is CCC1c2ccc3ccccc3c2CC(=C(F)F)C1(CC)C(=O)O. The van der Waals surface area contributed by atoms with Crippen molar-refractivity contribution >= 4 is 16.7 Å². The summed E-state index contributed by atoms with van der Waals surface area (Å²) in [5, 5.41) is 11.8. The van der Waals surface area contributed by atoms with Crippen molar-refractivity contribution in [2.45, 2.75) is 39.0 Å². The minimum Gasteiger partial charge on any atom is -0.481 e. The number of carboxylic acid groups (broad SMARTS) is 1. The van der Waals surface area contributed by atoms with E-state index in [9.17, 15) is 18.7 Å². The van der Waals surface area contributed by atoms with Gasteiger partial charge < -0.3 is 5.11 Å². The van der Waals surface area contributed by atoms with E-state index in [0.717, 1.165) is 21.9 Å². The van der Waals surface area contributed by atoms with Gasteiger partial charge in [0, 0.05) is 17.9 Å². The standard InChI is InChI=1S/C20H20F2O2/c1-3-16-14-10-9-12-7-5-6-8-13(12)15(14)11-17(18(21)22)20(16,4-2)19(23)24/h5-10,16H,3-4,11H2,1-2H3,(H,23,24). The van der Waals surface area contributed by atoms with E-state index in [-0.39, 0.29) is 18.4 Å². The van der Waals surface area contributed by atoms with E-state index in [0.29, 0.717) is 6.42 Å². The molecule has 0 saturated heterocycles. The maximum absolute atomic E-state index is 13.8. The fraction of sp³-hybridized carbons (Fsp3) is 0.350. The van der Waals surface area contributed by atoms with Gasteiger partial charge >= 0.3 is 5.97 Å². The molecule has 0 amide bonds. The molecule has 2 aromatic carbocycles. The van der Waals surface area contributed by atoms with Gasteiger partial charge in [0.25, 0.3) is 6.08 Å². The summed E-state index contributed by atoms with van der Waals surface area (Å²) in [6.45, 7) is 3.56. The molecule has 0 aromatic heterocycles. The van der Waals surface area contributed by atoms with Gasteiger partial charge in [-0.15, -0.1) is 0 Å². The molecule has 1 N–H and O–H groups in total. The number of fused-ring (bicyclic) bond motifs is 3. The monoisotopic (exact) mass is 330 g/mol. The van der Waals surface area contributed by atoms with E-state index >= 15 is 0 Å². The maximum atomic E-state index is 13.8. The third kappa shape index (κ3) is 2.16. The third-order valence-electron chi connectivity index (χ3n) is 5.51. The summed E-state index contributed by atoms with van der Waals surface area (Å²) < 4.78 is 27.6. The Morgan fingerprint density at radius 2 is 1.92 bits per heavy atom. The van der Waals surface area contributed by atoms with Crippen LogP contribution < -0.4 is 0 Å². The minimum atomic E-state index is -1.85. The van der Waals surface area contributed by atoms with E-state index in [1.54, 1.807) is 6.92 Å². The van der Waals surface area contributed by atoms with Gasteiger partial charge in [-0.1, -0.05) is 50.2 Å². The van der Waals surface area contributed by atoms with Crippen molar-refractivity contribution in [1.82, 2.24) is 0 Å². The van der Waals surface area contributed by atoms with Crippen LogP contribution in [0, 0.1) is 5.41 Å². The molecule has 0 saturated carbocycles. The van der Waals surface area contributed by atoms with Crippen molar-refractivity contribution in [1.29, 1.82) is 0 Å². The number of halogens is 2. The van der Waals surface area contributed by atoms with Crippen LogP contribution in [0.25, 0.3) is 10.8 Å². The van der Waals surface area contributed by atoms with E-state index in [1.165, 1.54) is 0 Å². The Hall–Kier alpha value is -2.23. The summed E-state index contributed by atoms with van der Waals surface area (Å²) in [5.74, 6) is -1.61. The molecule has 2 aromatic rings. The predicted molar refractivity (Wildman–Crippen MR) is 90.3 cm³/mol. The van der Waals surface area contributed by atoms with E-state index in [1.807, 2.05) is 43.3 Å². The van der Waals surface area contributed by atoms with Gasteiger partial charge in [0.2, 0.25) is 0 Å². The van der Waals surface area contributed by atoms with Gasteiger partial charge in [0.15, 0.2) is 0 Å². The first-order valence-corrected chi connectivity index (χ1v) is 8.25. The highest BCUT2D eigenvalue weighted by molar-refractivity contribution is 5.90. The van der Waals surface area contributed by atoms with Crippen LogP contribution in [0.5, 0.6) is 0 Å². The first kappa shape index (κ1) is 16.6. The van der Waals surface area contributed by atoms with Gasteiger partial charge in [0.1, 0.15) is 5.41 Å². The molecule has 126 valence electrons. The minimum absolute atomic E-state index is 0.00431. The van der Waals surface area contributed by atoms with Crippen LogP contribution in [0.1, 0.15) is 43.7 Å². The molecule has 0 bridgehead atoms. The molecule has 1 aliphatic rings. The predicted octanol–water partition coefficient (Wildman–Crippen LogP) is 5.52. The second-order valence-electron chi connectivity index (χ2n) is 6.36. The molecule has 0 spiro atoms. The van der Waals surface area contributed by atoms with E-state index in [2.05, 4.69) is 0 Å². The zero-order valence-corrected chi connectivity index (χ0v) is 13.8. The molecule has 2 atom stereocenters. The highest BCUT2D eigenvalue weighted by atomic mass is 19.3. The van der Waals surface area contributed by atoms with Gasteiger partial charge in [0.05, 0.1) is 0 Å². The van der Waals surface area contributed by atoms with Crippen LogP contribution in [0.15, 0.2) is 48.1 Å². The Labute approximate surface area is 139 Å². The van der Waals surface area contributed by atoms with Crippen molar-refractivity contribution < 1.29 is 18.7 Å². The van der Waals surface area contributed by atoms with Crippen molar-refractivity contribution in [2.75, 3.05) is 0 Å². The second-order valence-corrected chi connectivity index (χ2v) is 6.36. The van der Waals surface area contributed by atoms with Gasteiger partial charge in [-0.3, -0.25) is 4.79 Å². The Morgan fingerprint density at radius 1 is 1.21 bits per heavy atom. The summed E-state index contributed by atoms with van der Waals surface area (Å²) in [6, 6.07) is 11.6. The highest BCUT2D eigenvalue weighted by Crippen LogP contribution is 2.55. The van der Waals surface area contributed by atoms with Crippen LogP contribution in [0.4, 0.5) is 8.78 Å². The summed E-state index contributed by atoms with van der Waals surface area (Å²) in [5.41, 5.74) is -0.0185. The Kier molecular flexibility index (Phi) is 4.16. The molecule has 1 aliphatic carbocycles. The van der Waals surface area contributed by atoms with Crippen LogP contribution in [0.3, 0.4) is 0 Å². The lowest BCUT2D eigenvalue weighted by molar-refractivity contribution is -0.149. The fourth-order valence-corrected chi connectivity index (χ4v) is 4.38. The largest absolute Gasteiger partial charge is 0.481 e. The maximum Gasteiger partial charge on any atom is 0.314 e. The first-order chi connectivity index (χ1) is 11.5. The molecule has 3 rings (SSSR count). The molecule has 2 unspecified atom stereocenters. The molecule has 2 nitrogen and oxygen atoms in total. The lowest BCUT2D eigenvalue weighted by Gasteiger charge is -2.43. The number of hydrogen-bond donors (Lipinski definition) is 1. The Balaban J connectivity index is 2.38. The molecule has 0 heterocycles. The van der Waals surface area contributed by atoms with Gasteiger partial charge in [-0.25, -0.2) is 0 Å². The van der Waals surface area contributed by atoms with Crippen molar-refractivity contribution in [3.8, 4) is 0 Å². The topological polar surface area (TPSA) is 37.3 Å². The second kappa shape index (κ2) is 6.00. The number of rotatable bonds is 3. The average Bonchev–Trinajstić information content (AvgIpc) is 2.59. The molecular weight excluding hydrogens is 310 g/mol. The summed E-state index contributed by atoms with van der Waals surface area (Å²) in [6.07, 6.45) is -1.20. The molecule has 0 aliphatic heterocycles. The molecule has 4 heteroatoms. The molecule has 24 heavy (non-hydrogen) atoms. The average molecular weight is 330 g/mol. The number of carboxylic acids is 1. The fourth-order valence-electron chi connectivity index (χ4n) is 4.38. The quantitative estimate of drug-likeness (QED) is 0.804. The number of aliphatic carboxylic acids is 1. The lowest BCUT2D eigenvalue weighted by Crippen LogP contribution is -2.42. The zero-order valence-electron chi connectivity index (χ0n) is 13.8. The highest BCUT2D eigenvalue weighted by Gasteiger charge is 2.52. The van der Waals surface area contributed by atoms with E-state index in [4.69, 9.17) is 0 Å². The van der Waals surface area contributed by atoms with Crippen LogP contribution >= 0.6 is 0 Å². The van der Waals surface area contributed by atoms with Gasteiger partial charge in [-0.2, -0.15) is 8.78 Å². The van der Waals surface area contributed by atoms with E-state index < -0.39 is 23.4 Å². The number of hydrogen-bond acceptors (Lipinski definition) is 1. The van der Waals surface area contributed by atoms with Crippen molar-refractivity contribution in [2.24, 2.45) is 5.41 Å². The number of carbonyl (C=O) groups is 1. The molecule has 0 fully saturated rings. The Morgan fingerprint density at radius 3 is 2.50 bits per heavy atom. The molecule has 0 radical (unpaired) electrons. The Bertz CT molecular complexity index is 837. The summed E-state index contributed by atoms with van der Waals surface area (Å²) in [4.78, 5) is 12.1. The normalized spacial score (nSPS) is 23.2. The lowest BCUT2D eigenvalue weighted by atomic mass is 9.58. The molecular formula is C20H20F2O2. The third-order valence-corrected chi connectivity index (χ3v) is 5.51. The first-order valence-electron chi connectivity index (χ1n) is 8.25. The van der Waals surface area contributed by atoms with Crippen LogP contribution in [-0.2, 0) is 11.2 Å². The summed E-state index contributed by atoms with van der Waals surface area (Å²) >= 11 is 0. The van der Waals surface area contributed by atoms with Crippen LogP contribution in [0.2, 0.25) is 0 Å². The smallest absolute Gasteiger partial charge is 0.314 e. The number of benzene rings is 2. The zero-order chi connectivity index (χ0) is 17.5. The van der Waals surface area contributed by atoms with Gasteiger partial charge in [-0.05, 0) is 34.7 Å². The van der Waals surface area contributed by atoms with Crippen molar-refractivity contribution in [3.63, 3.8) is 0 Å². The van der Waals surface area contributed by atoms with Crippen molar-refractivity contribution in [3.05, 3.63) is 59.2 Å².